The maximum atomic E-state index is 11.4. The molecule has 0 aliphatic heterocycles. The molecule has 2 rings (SSSR count). The Hall–Kier alpha value is -2.44. The Bertz CT molecular complexity index is 642. The van der Waals surface area contributed by atoms with E-state index in [0.29, 0.717) is 18.6 Å². The van der Waals surface area contributed by atoms with Crippen molar-refractivity contribution >= 4 is 23.3 Å². The summed E-state index contributed by atoms with van der Waals surface area (Å²) in [6.07, 6.45) is 7.13. The Kier molecular flexibility index (Phi) is 4.52. The van der Waals surface area contributed by atoms with Crippen molar-refractivity contribution in [1.82, 2.24) is 25.3 Å². The number of fused-ring (bicyclic) bond motifs is 1. The van der Waals surface area contributed by atoms with Crippen LogP contribution in [0.1, 0.15) is 32.9 Å². The summed E-state index contributed by atoms with van der Waals surface area (Å²) in [5, 5.41) is 2.69. The smallest absolute Gasteiger partial charge is 0.407 e. The molecule has 7 nitrogen and oxygen atoms in total. The van der Waals surface area contributed by atoms with Crippen LogP contribution in [-0.4, -0.2) is 38.2 Å². The molecule has 0 aromatic carbocycles. The van der Waals surface area contributed by atoms with E-state index in [1.807, 2.05) is 32.9 Å². The lowest BCUT2D eigenvalue weighted by molar-refractivity contribution is 0.0529. The molecule has 0 aliphatic rings. The number of carbonyl (C=O) groups is 1. The molecular formula is C14H19N5O2. The Balaban J connectivity index is 1.81. The average Bonchev–Trinajstić information content (AvgIpc) is 2.85. The number of amides is 1. The van der Waals surface area contributed by atoms with E-state index in [1.54, 1.807) is 6.33 Å². The van der Waals surface area contributed by atoms with Crippen molar-refractivity contribution in [2.75, 3.05) is 6.54 Å². The normalized spacial score (nSPS) is 12.0. The number of aromatic nitrogens is 4. The number of hydrogen-bond donors (Lipinski definition) is 2. The van der Waals surface area contributed by atoms with Gasteiger partial charge in [-0.05, 0) is 33.3 Å². The lowest BCUT2D eigenvalue weighted by atomic mass is 10.2. The third-order valence-electron chi connectivity index (χ3n) is 2.51. The first-order chi connectivity index (χ1) is 9.96. The SMILES string of the molecule is CC(C)(C)OC(=O)NCCC=Cc1ncnc2nc[nH]c12. The van der Waals surface area contributed by atoms with Crippen molar-refractivity contribution in [3.63, 3.8) is 0 Å². The first kappa shape index (κ1) is 15.0. The summed E-state index contributed by atoms with van der Waals surface area (Å²) >= 11 is 0. The molecule has 1 amide bonds. The van der Waals surface area contributed by atoms with E-state index >= 15 is 0 Å². The van der Waals surface area contributed by atoms with Crippen LogP contribution in [0.4, 0.5) is 4.79 Å². The van der Waals surface area contributed by atoms with Crippen molar-refractivity contribution in [1.29, 1.82) is 0 Å². The van der Waals surface area contributed by atoms with Gasteiger partial charge in [-0.1, -0.05) is 6.08 Å². The molecular weight excluding hydrogens is 270 g/mol. The molecule has 21 heavy (non-hydrogen) atoms. The molecule has 0 radical (unpaired) electrons. The van der Waals surface area contributed by atoms with Crippen LogP contribution in [0.2, 0.25) is 0 Å². The molecule has 0 saturated carbocycles. The first-order valence-corrected chi connectivity index (χ1v) is 6.73. The second kappa shape index (κ2) is 6.34. The third kappa shape index (κ3) is 4.55. The largest absolute Gasteiger partial charge is 0.444 e. The zero-order valence-electron chi connectivity index (χ0n) is 12.4. The van der Waals surface area contributed by atoms with E-state index in [-0.39, 0.29) is 0 Å². The molecule has 2 heterocycles. The zero-order chi connectivity index (χ0) is 15.3. The van der Waals surface area contributed by atoms with Gasteiger partial charge in [-0.25, -0.2) is 19.7 Å². The van der Waals surface area contributed by atoms with Gasteiger partial charge in [0, 0.05) is 6.54 Å². The fourth-order valence-electron chi connectivity index (χ4n) is 1.68. The van der Waals surface area contributed by atoms with Crippen LogP contribution in [0.25, 0.3) is 17.2 Å². The van der Waals surface area contributed by atoms with Crippen molar-refractivity contribution in [2.45, 2.75) is 32.8 Å². The van der Waals surface area contributed by atoms with Gasteiger partial charge in [0.2, 0.25) is 0 Å². The van der Waals surface area contributed by atoms with Crippen LogP contribution >= 0.6 is 0 Å². The van der Waals surface area contributed by atoms with E-state index in [4.69, 9.17) is 4.74 Å². The number of rotatable bonds is 4. The van der Waals surface area contributed by atoms with Gasteiger partial charge in [-0.3, -0.25) is 0 Å². The van der Waals surface area contributed by atoms with Gasteiger partial charge in [0.15, 0.2) is 5.65 Å². The van der Waals surface area contributed by atoms with Crippen molar-refractivity contribution in [3.8, 4) is 0 Å². The van der Waals surface area contributed by atoms with Gasteiger partial charge in [-0.15, -0.1) is 0 Å². The number of carbonyl (C=O) groups excluding carboxylic acids is 1. The van der Waals surface area contributed by atoms with Crippen LogP contribution in [0.15, 0.2) is 18.7 Å². The molecule has 0 aliphatic carbocycles. The Morgan fingerprint density at radius 3 is 2.95 bits per heavy atom. The number of alkyl carbamates (subject to hydrolysis) is 1. The fraction of sp³-hybridized carbons (Fsp3) is 0.429. The molecule has 0 fully saturated rings. The molecule has 2 aromatic rings. The molecule has 112 valence electrons. The first-order valence-electron chi connectivity index (χ1n) is 6.73. The van der Waals surface area contributed by atoms with Crippen LogP contribution in [0.5, 0.6) is 0 Å². The predicted octanol–water partition coefficient (Wildman–Crippen LogP) is 2.28. The standard InChI is InChI=1S/C14H19N5O2/c1-14(2,3)21-13(20)15-7-5-4-6-10-11-12(18-8-16-10)19-9-17-11/h4,6,8-9H,5,7H2,1-3H3,(H,15,20)(H,16,17,18,19). The lowest BCUT2D eigenvalue weighted by Gasteiger charge is -2.19. The highest BCUT2D eigenvalue weighted by atomic mass is 16.6. The summed E-state index contributed by atoms with van der Waals surface area (Å²) in [5.41, 5.74) is 1.73. The molecule has 0 unspecified atom stereocenters. The summed E-state index contributed by atoms with van der Waals surface area (Å²) in [5.74, 6) is 0. The summed E-state index contributed by atoms with van der Waals surface area (Å²) in [4.78, 5) is 26.7. The quantitative estimate of drug-likeness (QED) is 0.842. The van der Waals surface area contributed by atoms with E-state index in [9.17, 15) is 4.79 Å². The molecule has 2 aromatic heterocycles. The molecule has 0 atom stereocenters. The van der Waals surface area contributed by atoms with Crippen LogP contribution in [-0.2, 0) is 4.74 Å². The fourth-order valence-corrected chi connectivity index (χ4v) is 1.68. The predicted molar refractivity (Wildman–Crippen MR) is 79.6 cm³/mol. The van der Waals surface area contributed by atoms with Crippen LogP contribution in [0, 0.1) is 0 Å². The number of nitrogens with one attached hydrogen (secondary N) is 2. The lowest BCUT2D eigenvalue weighted by Crippen LogP contribution is -2.32. The van der Waals surface area contributed by atoms with E-state index < -0.39 is 11.7 Å². The number of hydrogen-bond acceptors (Lipinski definition) is 5. The van der Waals surface area contributed by atoms with Crippen molar-refractivity contribution < 1.29 is 9.53 Å². The van der Waals surface area contributed by atoms with Crippen LogP contribution in [0.3, 0.4) is 0 Å². The Morgan fingerprint density at radius 2 is 2.19 bits per heavy atom. The van der Waals surface area contributed by atoms with E-state index in [0.717, 1.165) is 11.2 Å². The number of ether oxygens (including phenoxy) is 1. The van der Waals surface area contributed by atoms with Gasteiger partial charge in [0.05, 0.1) is 12.0 Å². The molecule has 2 N–H and O–H groups in total. The summed E-state index contributed by atoms with van der Waals surface area (Å²) in [7, 11) is 0. The second-order valence-corrected chi connectivity index (χ2v) is 5.48. The topological polar surface area (TPSA) is 92.8 Å². The van der Waals surface area contributed by atoms with Gasteiger partial charge in [0.1, 0.15) is 17.4 Å². The molecule has 0 bridgehead atoms. The molecule has 0 saturated heterocycles. The minimum absolute atomic E-state index is 0.408. The third-order valence-corrected chi connectivity index (χ3v) is 2.51. The highest BCUT2D eigenvalue weighted by Gasteiger charge is 2.15. The maximum absolute atomic E-state index is 11.4. The summed E-state index contributed by atoms with van der Waals surface area (Å²) in [6.45, 7) is 5.99. The zero-order valence-corrected chi connectivity index (χ0v) is 12.4. The number of nitrogens with zero attached hydrogens (tertiary/aromatic N) is 3. The minimum atomic E-state index is -0.479. The monoisotopic (exact) mass is 289 g/mol. The summed E-state index contributed by atoms with van der Waals surface area (Å²) < 4.78 is 5.14. The van der Waals surface area contributed by atoms with Crippen LogP contribution < -0.4 is 5.32 Å². The summed E-state index contributed by atoms with van der Waals surface area (Å²) in [6, 6.07) is 0. The van der Waals surface area contributed by atoms with Gasteiger partial charge in [0.25, 0.3) is 0 Å². The highest BCUT2D eigenvalue weighted by Crippen LogP contribution is 2.11. The number of H-pyrrole nitrogens is 1. The minimum Gasteiger partial charge on any atom is -0.444 e. The highest BCUT2D eigenvalue weighted by molar-refractivity contribution is 5.78. The van der Waals surface area contributed by atoms with E-state index in [1.165, 1.54) is 6.33 Å². The Labute approximate surface area is 122 Å². The van der Waals surface area contributed by atoms with Crippen molar-refractivity contribution in [3.05, 3.63) is 24.4 Å². The maximum Gasteiger partial charge on any atom is 0.407 e. The molecule has 0 spiro atoms. The van der Waals surface area contributed by atoms with E-state index in [2.05, 4.69) is 25.3 Å². The van der Waals surface area contributed by atoms with Gasteiger partial charge in [-0.2, -0.15) is 0 Å². The Morgan fingerprint density at radius 1 is 1.38 bits per heavy atom. The number of aromatic amines is 1. The van der Waals surface area contributed by atoms with Crippen molar-refractivity contribution in [2.24, 2.45) is 0 Å². The van der Waals surface area contributed by atoms with Gasteiger partial charge < -0.3 is 15.0 Å². The average molecular weight is 289 g/mol. The van der Waals surface area contributed by atoms with Gasteiger partial charge >= 0.3 is 6.09 Å². The number of imidazole rings is 1. The second-order valence-electron chi connectivity index (χ2n) is 5.48. The molecule has 7 heteroatoms.